The molecular formula is C40H39F3N6O6S. The second-order valence-electron chi connectivity index (χ2n) is 13.7. The predicted octanol–water partition coefficient (Wildman–Crippen LogP) is 6.28. The number of amides is 2. The molecule has 12 nitrogen and oxygen atoms in total. The molecule has 1 aromatic heterocycles. The van der Waals surface area contributed by atoms with E-state index in [1.54, 1.807) is 28.9 Å². The Balaban J connectivity index is 1.08. The molecule has 2 aliphatic heterocycles. The Morgan fingerprint density at radius 1 is 0.946 bits per heavy atom. The van der Waals surface area contributed by atoms with Crippen LogP contribution in [0, 0.1) is 5.92 Å². The smallest absolute Gasteiger partial charge is 0.471 e. The van der Waals surface area contributed by atoms with Gasteiger partial charge >= 0.3 is 12.1 Å². The fourth-order valence-electron chi connectivity index (χ4n) is 7.01. The van der Waals surface area contributed by atoms with E-state index in [0.717, 1.165) is 33.4 Å². The standard InChI is InChI=1S/C40H39F3N6O6S/c1-24-34(23-56-39-45-46-47-49(39)30-16-18-31(51)19-17-30)54-37(55-35(24)27-10-8-25(22-50)9-11-27)28-14-12-26(13-15-28)32-6-3-2-5-29(32)21-44-36(52)33-7-4-20-48(33)38(53)40(41,42)43/h2-3,5-6,8-19,24,33-35,37,50-51H,4,7,20-23H2,1H3,(H,44,52). The first-order chi connectivity index (χ1) is 27.0. The molecule has 3 heterocycles. The molecule has 2 aliphatic rings. The Morgan fingerprint density at radius 3 is 2.38 bits per heavy atom. The lowest BCUT2D eigenvalue weighted by atomic mass is 9.91. The van der Waals surface area contributed by atoms with E-state index in [1.807, 2.05) is 72.8 Å². The van der Waals surface area contributed by atoms with Gasteiger partial charge in [-0.2, -0.15) is 17.9 Å². The zero-order valence-corrected chi connectivity index (χ0v) is 31.0. The highest BCUT2D eigenvalue weighted by Crippen LogP contribution is 2.43. The Bertz CT molecular complexity index is 2130. The molecule has 5 aromatic rings. The number of tetrazole rings is 1. The van der Waals surface area contributed by atoms with E-state index in [1.165, 1.54) is 11.8 Å². The van der Waals surface area contributed by atoms with Crippen molar-refractivity contribution in [2.45, 2.75) is 68.8 Å². The van der Waals surface area contributed by atoms with Crippen molar-refractivity contribution in [3.63, 3.8) is 0 Å². The molecule has 2 amide bonds. The lowest BCUT2D eigenvalue weighted by molar-refractivity contribution is -0.268. The van der Waals surface area contributed by atoms with Gasteiger partial charge in [-0.3, -0.25) is 9.59 Å². The molecule has 16 heteroatoms. The summed E-state index contributed by atoms with van der Waals surface area (Å²) in [4.78, 5) is 25.5. The fourth-order valence-corrected chi connectivity index (χ4v) is 8.07. The maximum atomic E-state index is 13.1. The van der Waals surface area contributed by atoms with E-state index in [-0.39, 0.29) is 50.0 Å². The number of alkyl halides is 3. The van der Waals surface area contributed by atoms with Gasteiger partial charge < -0.3 is 29.9 Å². The zero-order valence-electron chi connectivity index (χ0n) is 30.2. The predicted molar refractivity (Wildman–Crippen MR) is 199 cm³/mol. The average Bonchev–Trinajstić information content (AvgIpc) is 3.90. The number of hydrogen-bond donors (Lipinski definition) is 3. The topological polar surface area (TPSA) is 152 Å². The summed E-state index contributed by atoms with van der Waals surface area (Å²) in [5.41, 5.74) is 5.57. The number of phenols is 1. The highest BCUT2D eigenvalue weighted by Gasteiger charge is 2.47. The van der Waals surface area contributed by atoms with Crippen molar-refractivity contribution >= 4 is 23.6 Å². The monoisotopic (exact) mass is 788 g/mol. The van der Waals surface area contributed by atoms with Crippen molar-refractivity contribution in [1.29, 1.82) is 0 Å². The molecule has 0 spiro atoms. The number of likely N-dealkylation sites (tertiary alicyclic amines) is 1. The second kappa shape index (κ2) is 16.8. The highest BCUT2D eigenvalue weighted by atomic mass is 32.2. The van der Waals surface area contributed by atoms with Crippen LogP contribution < -0.4 is 5.32 Å². The molecule has 5 unspecified atom stereocenters. The Kier molecular flexibility index (Phi) is 11.7. The minimum Gasteiger partial charge on any atom is -0.508 e. The second-order valence-corrected chi connectivity index (χ2v) is 14.7. The fraction of sp³-hybridized carbons (Fsp3) is 0.325. The lowest BCUT2D eigenvalue weighted by Crippen LogP contribution is -2.50. The molecule has 0 radical (unpaired) electrons. The summed E-state index contributed by atoms with van der Waals surface area (Å²) in [5, 5.41) is 34.9. The van der Waals surface area contributed by atoms with Crippen molar-refractivity contribution in [3.8, 4) is 22.6 Å². The number of aliphatic hydroxyl groups is 1. The number of ether oxygens (including phenoxy) is 2. The number of aromatic hydroxyl groups is 1. The summed E-state index contributed by atoms with van der Waals surface area (Å²) in [6, 6.07) is 28.1. The molecule has 0 bridgehead atoms. The number of aromatic nitrogens is 4. The van der Waals surface area contributed by atoms with Crippen LogP contribution in [0.2, 0.25) is 0 Å². The molecule has 0 aliphatic carbocycles. The van der Waals surface area contributed by atoms with Gasteiger partial charge in [0, 0.05) is 30.3 Å². The van der Waals surface area contributed by atoms with Gasteiger partial charge in [0.2, 0.25) is 11.1 Å². The van der Waals surface area contributed by atoms with Crippen LogP contribution in [0.25, 0.3) is 16.8 Å². The quantitative estimate of drug-likeness (QED) is 0.131. The van der Waals surface area contributed by atoms with E-state index in [4.69, 9.17) is 9.47 Å². The minimum absolute atomic E-state index is 0.0557. The van der Waals surface area contributed by atoms with Gasteiger partial charge in [-0.05, 0) is 75.4 Å². The van der Waals surface area contributed by atoms with Crippen LogP contribution in [0.4, 0.5) is 13.2 Å². The molecule has 2 fully saturated rings. The number of aliphatic hydroxyl groups excluding tert-OH is 1. The maximum Gasteiger partial charge on any atom is 0.471 e. The third kappa shape index (κ3) is 8.58. The molecular weight excluding hydrogens is 750 g/mol. The van der Waals surface area contributed by atoms with Crippen molar-refractivity contribution in [3.05, 3.63) is 119 Å². The average molecular weight is 789 g/mol. The van der Waals surface area contributed by atoms with Gasteiger partial charge in [0.15, 0.2) is 6.29 Å². The molecule has 0 saturated carbocycles. The van der Waals surface area contributed by atoms with Crippen molar-refractivity contribution in [2.24, 2.45) is 5.92 Å². The summed E-state index contributed by atoms with van der Waals surface area (Å²) >= 11 is 1.43. The zero-order chi connectivity index (χ0) is 39.4. The van der Waals surface area contributed by atoms with Crippen LogP contribution in [0.5, 0.6) is 5.75 Å². The Hall–Kier alpha value is -5.29. The number of carbonyl (C=O) groups is 2. The van der Waals surface area contributed by atoms with Gasteiger partial charge in [0.1, 0.15) is 11.8 Å². The van der Waals surface area contributed by atoms with E-state index in [2.05, 4.69) is 27.8 Å². The molecule has 2 saturated heterocycles. The number of nitrogens with zero attached hydrogens (tertiary/aromatic N) is 5. The number of nitrogens with one attached hydrogen (secondary N) is 1. The van der Waals surface area contributed by atoms with Crippen LogP contribution in [-0.4, -0.2) is 77.8 Å². The van der Waals surface area contributed by atoms with Gasteiger partial charge in [0.05, 0.1) is 24.5 Å². The number of thioether (sulfide) groups is 1. The first kappa shape index (κ1) is 39.0. The summed E-state index contributed by atoms with van der Waals surface area (Å²) in [6.45, 7) is 1.92. The molecule has 4 aromatic carbocycles. The van der Waals surface area contributed by atoms with E-state index in [0.29, 0.717) is 27.9 Å². The van der Waals surface area contributed by atoms with Crippen molar-refractivity contribution in [1.82, 2.24) is 30.4 Å². The SMILES string of the molecule is CC1C(CSc2nnnn2-c2ccc(O)cc2)OC(c2ccc(-c3ccccc3CNC(=O)C3CCCN3C(=O)C(F)(F)F)cc2)OC1c1ccc(CO)cc1. The highest BCUT2D eigenvalue weighted by molar-refractivity contribution is 7.99. The van der Waals surface area contributed by atoms with E-state index < -0.39 is 30.3 Å². The Morgan fingerprint density at radius 2 is 1.66 bits per heavy atom. The van der Waals surface area contributed by atoms with Gasteiger partial charge in [-0.25, -0.2) is 0 Å². The minimum atomic E-state index is -5.05. The number of halogens is 3. The van der Waals surface area contributed by atoms with Crippen molar-refractivity contribution in [2.75, 3.05) is 12.3 Å². The lowest BCUT2D eigenvalue weighted by Gasteiger charge is -2.41. The van der Waals surface area contributed by atoms with Crippen LogP contribution in [0.1, 0.15) is 54.4 Å². The van der Waals surface area contributed by atoms with Crippen LogP contribution in [-0.2, 0) is 32.2 Å². The number of rotatable bonds is 11. The van der Waals surface area contributed by atoms with Gasteiger partial charge in [-0.1, -0.05) is 91.5 Å². The first-order valence-electron chi connectivity index (χ1n) is 18.0. The van der Waals surface area contributed by atoms with Gasteiger partial charge in [0.25, 0.3) is 0 Å². The van der Waals surface area contributed by atoms with Crippen LogP contribution >= 0.6 is 11.8 Å². The summed E-state index contributed by atoms with van der Waals surface area (Å²) < 4.78 is 54.3. The number of phenolic OH excluding ortho intramolecular Hbond substituents is 1. The first-order valence-corrected chi connectivity index (χ1v) is 19.0. The third-order valence-electron chi connectivity index (χ3n) is 10.1. The molecule has 5 atom stereocenters. The van der Waals surface area contributed by atoms with Crippen molar-refractivity contribution < 1.29 is 42.4 Å². The van der Waals surface area contributed by atoms with Crippen LogP contribution in [0.3, 0.4) is 0 Å². The third-order valence-corrected chi connectivity index (χ3v) is 11.1. The molecule has 7 rings (SSSR count). The Labute approximate surface area is 324 Å². The summed E-state index contributed by atoms with van der Waals surface area (Å²) in [7, 11) is 0. The molecule has 3 N–H and O–H groups in total. The normalized spacial score (nSPS) is 21.2. The molecule has 292 valence electrons. The van der Waals surface area contributed by atoms with E-state index >= 15 is 0 Å². The summed E-state index contributed by atoms with van der Waals surface area (Å²) in [5.74, 6) is -2.10. The van der Waals surface area contributed by atoms with Gasteiger partial charge in [-0.15, -0.1) is 5.10 Å². The summed E-state index contributed by atoms with van der Waals surface area (Å²) in [6.07, 6.45) is -5.98. The molecule has 56 heavy (non-hydrogen) atoms. The van der Waals surface area contributed by atoms with Crippen LogP contribution in [0.15, 0.2) is 102 Å². The van der Waals surface area contributed by atoms with E-state index in [9.17, 15) is 33.0 Å². The number of carbonyl (C=O) groups excluding carboxylic acids is 2. The maximum absolute atomic E-state index is 13.1. The number of benzene rings is 4. The largest absolute Gasteiger partial charge is 0.508 e. The number of hydrogen-bond acceptors (Lipinski definition) is 10.